The molecule has 2 heterocycles. The summed E-state index contributed by atoms with van der Waals surface area (Å²) < 4.78 is 17.9. The minimum Gasteiger partial charge on any atom is -0.456 e. The number of rotatable bonds is 4. The third kappa shape index (κ3) is 3.83. The smallest absolute Gasteiger partial charge is 0.308 e. The molecule has 0 amide bonds. The quantitative estimate of drug-likeness (QED) is 0.367. The molecular formula is C23H18N2O6. The fraction of sp³-hybridized carbons (Fsp3) is 0.130. The number of hydrogen-bond donors (Lipinski definition) is 0. The molecule has 2 aromatic heterocycles. The first kappa shape index (κ1) is 20.1. The van der Waals surface area contributed by atoms with Gasteiger partial charge >= 0.3 is 11.9 Å². The summed E-state index contributed by atoms with van der Waals surface area (Å²) in [6.07, 6.45) is 3.32. The Morgan fingerprint density at radius 3 is 2.39 bits per heavy atom. The second kappa shape index (κ2) is 7.91. The summed E-state index contributed by atoms with van der Waals surface area (Å²) >= 11 is 0. The maximum Gasteiger partial charge on any atom is 0.308 e. The van der Waals surface area contributed by atoms with Crippen molar-refractivity contribution in [3.05, 3.63) is 70.8 Å². The van der Waals surface area contributed by atoms with Crippen molar-refractivity contribution in [3.63, 3.8) is 0 Å². The number of esters is 2. The van der Waals surface area contributed by atoms with Crippen molar-refractivity contribution in [1.29, 1.82) is 0 Å². The third-order valence-electron chi connectivity index (χ3n) is 4.55. The predicted molar refractivity (Wildman–Crippen MR) is 112 cm³/mol. The molecule has 31 heavy (non-hydrogen) atoms. The predicted octanol–water partition coefficient (Wildman–Crippen LogP) is 3.80. The van der Waals surface area contributed by atoms with E-state index in [0.29, 0.717) is 16.9 Å². The second-order valence-electron chi connectivity index (χ2n) is 6.83. The average Bonchev–Trinajstić information content (AvgIpc) is 3.20. The molecule has 0 saturated carbocycles. The van der Waals surface area contributed by atoms with Crippen molar-refractivity contribution in [3.8, 4) is 28.3 Å². The molecule has 0 radical (unpaired) electrons. The van der Waals surface area contributed by atoms with Crippen LogP contribution in [0.2, 0.25) is 0 Å². The van der Waals surface area contributed by atoms with Crippen LogP contribution in [0.1, 0.15) is 19.6 Å². The number of ether oxygens (including phenoxy) is 2. The second-order valence-corrected chi connectivity index (χ2v) is 6.83. The SMILES string of the molecule is CC(=O)Oc1ccc2c(=O)c(-c3cnn(-c4ccccc4)c3)c(C)oc2c1OC(C)=O. The molecule has 0 fully saturated rings. The van der Waals surface area contributed by atoms with Crippen LogP contribution in [0.5, 0.6) is 11.5 Å². The van der Waals surface area contributed by atoms with Crippen LogP contribution in [0, 0.1) is 6.92 Å². The zero-order valence-electron chi connectivity index (χ0n) is 17.0. The van der Waals surface area contributed by atoms with Crippen molar-refractivity contribution in [2.45, 2.75) is 20.8 Å². The fourth-order valence-electron chi connectivity index (χ4n) is 3.31. The number of para-hydroxylation sites is 1. The number of aromatic nitrogens is 2. The van der Waals surface area contributed by atoms with Gasteiger partial charge in [0.15, 0.2) is 11.3 Å². The summed E-state index contributed by atoms with van der Waals surface area (Å²) in [5.74, 6) is -1.07. The van der Waals surface area contributed by atoms with Crippen LogP contribution in [0.3, 0.4) is 0 Å². The molecule has 8 nitrogen and oxygen atoms in total. The summed E-state index contributed by atoms with van der Waals surface area (Å²) in [6.45, 7) is 4.05. The minimum atomic E-state index is -0.644. The van der Waals surface area contributed by atoms with Crippen LogP contribution in [0.25, 0.3) is 27.8 Å². The Bertz CT molecular complexity index is 1370. The molecule has 156 valence electrons. The zero-order valence-corrected chi connectivity index (χ0v) is 17.0. The Kier molecular flexibility index (Phi) is 5.12. The molecule has 0 aliphatic carbocycles. The lowest BCUT2D eigenvalue weighted by Gasteiger charge is -2.12. The van der Waals surface area contributed by atoms with Gasteiger partial charge in [0.25, 0.3) is 0 Å². The van der Waals surface area contributed by atoms with Gasteiger partial charge in [-0.3, -0.25) is 14.4 Å². The topological polar surface area (TPSA) is 101 Å². The van der Waals surface area contributed by atoms with Crippen LogP contribution in [0.15, 0.2) is 64.1 Å². The Labute approximate surface area is 176 Å². The monoisotopic (exact) mass is 418 g/mol. The van der Waals surface area contributed by atoms with Gasteiger partial charge in [-0.15, -0.1) is 0 Å². The lowest BCUT2D eigenvalue weighted by Crippen LogP contribution is -2.11. The van der Waals surface area contributed by atoms with E-state index >= 15 is 0 Å². The van der Waals surface area contributed by atoms with Crippen LogP contribution in [-0.4, -0.2) is 21.7 Å². The van der Waals surface area contributed by atoms with Gasteiger partial charge in [0.05, 0.1) is 22.8 Å². The highest BCUT2D eigenvalue weighted by molar-refractivity contribution is 5.91. The average molecular weight is 418 g/mol. The van der Waals surface area contributed by atoms with Gasteiger partial charge in [0, 0.05) is 25.6 Å². The van der Waals surface area contributed by atoms with Gasteiger partial charge in [0.2, 0.25) is 11.2 Å². The number of aryl methyl sites for hydroxylation is 1. The van der Waals surface area contributed by atoms with Gasteiger partial charge in [-0.05, 0) is 31.2 Å². The Hall–Kier alpha value is -4.20. The summed E-state index contributed by atoms with van der Waals surface area (Å²) in [5, 5.41) is 4.52. The van der Waals surface area contributed by atoms with Gasteiger partial charge in [-0.1, -0.05) is 18.2 Å². The number of carbonyl (C=O) groups is 2. The first-order valence-corrected chi connectivity index (χ1v) is 9.43. The van der Waals surface area contributed by atoms with Crippen molar-refractivity contribution in [1.82, 2.24) is 9.78 Å². The van der Waals surface area contributed by atoms with E-state index in [1.165, 1.54) is 26.0 Å². The highest BCUT2D eigenvalue weighted by Crippen LogP contribution is 2.37. The van der Waals surface area contributed by atoms with E-state index in [1.54, 1.807) is 24.0 Å². The molecule has 0 N–H and O–H groups in total. The van der Waals surface area contributed by atoms with Crippen LogP contribution in [0.4, 0.5) is 0 Å². The van der Waals surface area contributed by atoms with E-state index in [0.717, 1.165) is 5.69 Å². The van der Waals surface area contributed by atoms with E-state index < -0.39 is 11.9 Å². The lowest BCUT2D eigenvalue weighted by atomic mass is 10.1. The number of fused-ring (bicyclic) bond motifs is 1. The molecular weight excluding hydrogens is 400 g/mol. The molecule has 0 bridgehead atoms. The summed E-state index contributed by atoms with van der Waals surface area (Å²) in [5.41, 5.74) is 1.46. The highest BCUT2D eigenvalue weighted by Gasteiger charge is 2.22. The number of nitrogens with zero attached hydrogens (tertiary/aromatic N) is 2. The van der Waals surface area contributed by atoms with Crippen molar-refractivity contribution in [2.75, 3.05) is 0 Å². The number of hydrogen-bond acceptors (Lipinski definition) is 7. The minimum absolute atomic E-state index is 0.0117. The van der Waals surface area contributed by atoms with Crippen molar-refractivity contribution >= 4 is 22.9 Å². The maximum absolute atomic E-state index is 13.3. The molecule has 4 aromatic rings. The lowest BCUT2D eigenvalue weighted by molar-refractivity contribution is -0.134. The third-order valence-corrected chi connectivity index (χ3v) is 4.55. The standard InChI is InChI=1S/C23H18N2O6/c1-13-20(16-11-24-25(12-16)17-7-5-4-6-8-17)21(28)18-9-10-19(30-14(2)26)23(22(18)29-13)31-15(3)27/h4-12H,1-3H3. The van der Waals surface area contributed by atoms with Gasteiger partial charge in [0.1, 0.15) is 5.76 Å². The fourth-order valence-corrected chi connectivity index (χ4v) is 3.31. The molecule has 0 spiro atoms. The zero-order chi connectivity index (χ0) is 22.1. The highest BCUT2D eigenvalue weighted by atomic mass is 16.6. The molecule has 0 atom stereocenters. The van der Waals surface area contributed by atoms with Gasteiger partial charge in [-0.2, -0.15) is 5.10 Å². The van der Waals surface area contributed by atoms with E-state index in [-0.39, 0.29) is 27.9 Å². The van der Waals surface area contributed by atoms with Gasteiger partial charge < -0.3 is 13.9 Å². The number of benzene rings is 2. The van der Waals surface area contributed by atoms with E-state index in [1.807, 2.05) is 30.3 Å². The first-order valence-electron chi connectivity index (χ1n) is 9.43. The largest absolute Gasteiger partial charge is 0.456 e. The summed E-state index contributed by atoms with van der Waals surface area (Å²) in [7, 11) is 0. The number of carbonyl (C=O) groups excluding carboxylic acids is 2. The molecule has 2 aromatic carbocycles. The van der Waals surface area contributed by atoms with Crippen LogP contribution < -0.4 is 14.9 Å². The maximum atomic E-state index is 13.3. The van der Waals surface area contributed by atoms with E-state index in [2.05, 4.69) is 5.10 Å². The normalized spacial score (nSPS) is 10.8. The Morgan fingerprint density at radius 2 is 1.71 bits per heavy atom. The Balaban J connectivity index is 1.90. The van der Waals surface area contributed by atoms with Crippen molar-refractivity contribution in [2.24, 2.45) is 0 Å². The molecule has 0 saturated heterocycles. The van der Waals surface area contributed by atoms with Crippen LogP contribution >= 0.6 is 0 Å². The Morgan fingerprint density at radius 1 is 1.00 bits per heavy atom. The summed E-state index contributed by atoms with van der Waals surface area (Å²) in [6, 6.07) is 12.3. The van der Waals surface area contributed by atoms with E-state index in [4.69, 9.17) is 13.9 Å². The van der Waals surface area contributed by atoms with Crippen molar-refractivity contribution < 1.29 is 23.5 Å². The molecule has 0 unspecified atom stereocenters. The first-order chi connectivity index (χ1) is 14.8. The summed E-state index contributed by atoms with van der Waals surface area (Å²) in [4.78, 5) is 36.3. The molecule has 0 aliphatic heterocycles. The molecule has 4 rings (SSSR count). The van der Waals surface area contributed by atoms with E-state index in [9.17, 15) is 14.4 Å². The molecule has 0 aliphatic rings. The molecule has 8 heteroatoms. The van der Waals surface area contributed by atoms with Crippen LogP contribution in [-0.2, 0) is 9.59 Å². The van der Waals surface area contributed by atoms with Gasteiger partial charge in [-0.25, -0.2) is 4.68 Å².